The van der Waals surface area contributed by atoms with Crippen LogP contribution in [-0.2, 0) is 48.4 Å². The number of alkyl carbamates (subject to hydrolysis) is 1. The van der Waals surface area contributed by atoms with Crippen LogP contribution in [0.3, 0.4) is 0 Å². The third-order valence-corrected chi connectivity index (χ3v) is 6.00. The Hall–Kier alpha value is -5.23. The molecule has 1 unspecified atom stereocenters. The molecule has 0 saturated carbocycles. The summed E-state index contributed by atoms with van der Waals surface area (Å²) >= 11 is 0. The molecule has 0 aliphatic heterocycles. The molecule has 0 heterocycles. The highest BCUT2D eigenvalue weighted by molar-refractivity contribution is 6.03. The zero-order chi connectivity index (χ0) is 30.4. The second-order valence-electron chi connectivity index (χ2n) is 9.19. The summed E-state index contributed by atoms with van der Waals surface area (Å²) < 4.78 is 15.6. The lowest BCUT2D eigenvalue weighted by Crippen LogP contribution is -2.56. The van der Waals surface area contributed by atoms with Crippen molar-refractivity contribution in [2.45, 2.75) is 44.2 Å². The summed E-state index contributed by atoms with van der Waals surface area (Å²) in [6.45, 7) is -0.347. The van der Waals surface area contributed by atoms with E-state index in [-0.39, 0.29) is 26.2 Å². The Bertz CT molecular complexity index is 1370. The highest BCUT2D eigenvalue weighted by Gasteiger charge is 2.45. The van der Waals surface area contributed by atoms with E-state index in [1.165, 1.54) is 0 Å². The molecule has 2 atom stereocenters. The minimum atomic E-state index is -2.50. The quantitative estimate of drug-likeness (QED) is 0.0773. The average Bonchev–Trinajstić information content (AvgIpc) is 3.00. The number of carbonyl (C=O) groups is 4. The van der Waals surface area contributed by atoms with E-state index >= 15 is 0 Å². The van der Waals surface area contributed by atoms with Gasteiger partial charge in [-0.15, -0.1) is 0 Å². The van der Waals surface area contributed by atoms with Gasteiger partial charge in [0.25, 0.3) is 0 Å². The Morgan fingerprint density at radius 2 is 1.21 bits per heavy atom. The van der Waals surface area contributed by atoms with Crippen LogP contribution < -0.4 is 16.8 Å². The Kier molecular flexibility index (Phi) is 11.6. The molecule has 0 aliphatic carbocycles. The Balaban J connectivity index is 1.69. The first kappa shape index (κ1) is 31.3. The van der Waals surface area contributed by atoms with Crippen molar-refractivity contribution in [3.8, 4) is 0 Å². The molecular formula is C30H32N4O8. The molecule has 0 aromatic heterocycles. The molecule has 6 N–H and O–H groups in total. The molecule has 12 nitrogen and oxygen atoms in total. The zero-order valence-electron chi connectivity index (χ0n) is 22.7. The standard InChI is InChI=1S/C30H32N4O8/c31-28(34-29(39)42-20-23-14-8-3-9-15-23)33-24(25(35)40-18-21-10-4-1-5-11-21)16-17-30(32,26(36)37)27(38)41-19-22-12-6-2-7-13-22/h1-15,24H,16-20,32H2,(H,36,37)(H3,31,33,34,39)/t24?,30-/m0/s1. The number of nitrogens with zero attached hydrogens (tertiary/aromatic N) is 1. The number of ether oxygens (including phenoxy) is 3. The van der Waals surface area contributed by atoms with Crippen LogP contribution in [0.15, 0.2) is 96.0 Å². The first-order chi connectivity index (χ1) is 20.2. The van der Waals surface area contributed by atoms with Crippen LogP contribution in [0.1, 0.15) is 29.5 Å². The van der Waals surface area contributed by atoms with Gasteiger partial charge >= 0.3 is 24.0 Å². The van der Waals surface area contributed by atoms with Crippen LogP contribution in [0.25, 0.3) is 0 Å². The van der Waals surface area contributed by atoms with Gasteiger partial charge < -0.3 is 30.8 Å². The van der Waals surface area contributed by atoms with E-state index in [1.807, 2.05) is 6.07 Å². The van der Waals surface area contributed by atoms with Crippen molar-refractivity contribution in [2.24, 2.45) is 16.5 Å². The number of rotatable bonds is 13. The lowest BCUT2D eigenvalue weighted by molar-refractivity contribution is -0.163. The maximum Gasteiger partial charge on any atom is 0.414 e. The highest BCUT2D eigenvalue weighted by Crippen LogP contribution is 2.18. The van der Waals surface area contributed by atoms with Crippen LogP contribution >= 0.6 is 0 Å². The molecular weight excluding hydrogens is 544 g/mol. The van der Waals surface area contributed by atoms with Crippen molar-refractivity contribution in [1.82, 2.24) is 5.32 Å². The first-order valence-electron chi connectivity index (χ1n) is 12.9. The third kappa shape index (κ3) is 9.75. The number of carboxylic acid groups (broad SMARTS) is 1. The van der Waals surface area contributed by atoms with E-state index in [0.29, 0.717) is 11.1 Å². The van der Waals surface area contributed by atoms with E-state index in [0.717, 1.165) is 5.56 Å². The van der Waals surface area contributed by atoms with Crippen LogP contribution in [0, 0.1) is 0 Å². The number of benzene rings is 3. The molecule has 0 radical (unpaired) electrons. The van der Waals surface area contributed by atoms with Crippen molar-refractivity contribution in [2.75, 3.05) is 0 Å². The molecule has 0 aliphatic rings. The number of nitrogens with two attached hydrogens (primary N) is 2. The van der Waals surface area contributed by atoms with Gasteiger partial charge in [0.2, 0.25) is 5.54 Å². The zero-order valence-corrected chi connectivity index (χ0v) is 22.7. The van der Waals surface area contributed by atoms with Crippen LogP contribution in [-0.4, -0.2) is 46.6 Å². The molecule has 0 spiro atoms. The van der Waals surface area contributed by atoms with E-state index in [4.69, 9.17) is 25.7 Å². The minimum Gasteiger partial charge on any atom is -0.479 e. The number of aliphatic imine (C=N–C) groups is 1. The summed E-state index contributed by atoms with van der Waals surface area (Å²) in [5.74, 6) is -4.22. The number of amides is 1. The molecule has 0 fully saturated rings. The van der Waals surface area contributed by atoms with Crippen LogP contribution in [0.5, 0.6) is 0 Å². The van der Waals surface area contributed by atoms with Crippen LogP contribution in [0.4, 0.5) is 4.79 Å². The fourth-order valence-electron chi connectivity index (χ4n) is 3.64. The lowest BCUT2D eigenvalue weighted by atomic mass is 9.92. The van der Waals surface area contributed by atoms with E-state index in [1.54, 1.807) is 84.9 Å². The van der Waals surface area contributed by atoms with Gasteiger partial charge in [0.05, 0.1) is 0 Å². The summed E-state index contributed by atoms with van der Waals surface area (Å²) in [6.07, 6.45) is -1.87. The predicted molar refractivity (Wildman–Crippen MR) is 151 cm³/mol. The van der Waals surface area contributed by atoms with Gasteiger partial charge in [-0.1, -0.05) is 91.0 Å². The third-order valence-electron chi connectivity index (χ3n) is 6.00. The molecule has 3 rings (SSSR count). The average molecular weight is 577 g/mol. The second kappa shape index (κ2) is 15.5. The number of carboxylic acids is 1. The molecule has 42 heavy (non-hydrogen) atoms. The molecule has 0 bridgehead atoms. The maximum atomic E-state index is 13.0. The highest BCUT2D eigenvalue weighted by atomic mass is 16.6. The first-order valence-corrected chi connectivity index (χ1v) is 12.9. The molecule has 220 valence electrons. The molecule has 0 saturated heterocycles. The summed E-state index contributed by atoms with van der Waals surface area (Å²) in [5.41, 5.74) is 11.4. The van der Waals surface area contributed by atoms with Gasteiger partial charge in [-0.25, -0.2) is 24.2 Å². The Morgan fingerprint density at radius 1 is 0.762 bits per heavy atom. The van der Waals surface area contributed by atoms with Gasteiger partial charge in [0, 0.05) is 0 Å². The SMILES string of the molecule is NC(=NC(CC[C@](N)(C(=O)O)C(=O)OCc1ccccc1)C(=O)OCc1ccccc1)NC(=O)OCc1ccccc1. The van der Waals surface area contributed by atoms with Gasteiger partial charge in [-0.2, -0.15) is 0 Å². The number of carbonyl (C=O) groups excluding carboxylic acids is 3. The minimum absolute atomic E-state index is 0.0398. The molecule has 3 aromatic carbocycles. The summed E-state index contributed by atoms with van der Waals surface area (Å²) in [4.78, 5) is 54.0. The van der Waals surface area contributed by atoms with Crippen molar-refractivity contribution >= 4 is 30.0 Å². The number of aliphatic carboxylic acids is 1. The Morgan fingerprint density at radius 3 is 1.69 bits per heavy atom. The normalized spacial score (nSPS) is 13.2. The number of nitrogens with one attached hydrogen (secondary N) is 1. The summed E-state index contributed by atoms with van der Waals surface area (Å²) in [5, 5.41) is 12.0. The van der Waals surface area contributed by atoms with Crippen LogP contribution in [0.2, 0.25) is 0 Å². The fourth-order valence-corrected chi connectivity index (χ4v) is 3.64. The topological polar surface area (TPSA) is 193 Å². The van der Waals surface area contributed by atoms with Crippen molar-refractivity contribution in [1.29, 1.82) is 0 Å². The number of hydrogen-bond donors (Lipinski definition) is 4. The van der Waals surface area contributed by atoms with Gasteiger partial charge in [0.15, 0.2) is 12.0 Å². The van der Waals surface area contributed by atoms with Crippen molar-refractivity contribution in [3.63, 3.8) is 0 Å². The number of esters is 2. The molecule has 12 heteroatoms. The van der Waals surface area contributed by atoms with Gasteiger partial charge in [0.1, 0.15) is 19.8 Å². The summed E-state index contributed by atoms with van der Waals surface area (Å²) in [7, 11) is 0. The molecule has 3 aromatic rings. The molecule has 1 amide bonds. The van der Waals surface area contributed by atoms with Crippen molar-refractivity contribution in [3.05, 3.63) is 108 Å². The van der Waals surface area contributed by atoms with E-state index in [2.05, 4.69) is 10.3 Å². The second-order valence-corrected chi connectivity index (χ2v) is 9.19. The van der Waals surface area contributed by atoms with Gasteiger partial charge in [-0.3, -0.25) is 5.32 Å². The lowest BCUT2D eigenvalue weighted by Gasteiger charge is -2.24. The Labute approximate surface area is 242 Å². The monoisotopic (exact) mass is 576 g/mol. The van der Waals surface area contributed by atoms with Crippen molar-refractivity contribution < 1.29 is 38.5 Å². The largest absolute Gasteiger partial charge is 0.479 e. The van der Waals surface area contributed by atoms with E-state index < -0.39 is 48.0 Å². The van der Waals surface area contributed by atoms with Gasteiger partial charge in [-0.05, 0) is 29.5 Å². The summed E-state index contributed by atoms with van der Waals surface area (Å²) in [6, 6.07) is 24.9. The predicted octanol–water partition coefficient (Wildman–Crippen LogP) is 2.65. The van der Waals surface area contributed by atoms with E-state index in [9.17, 15) is 24.3 Å². The number of hydrogen-bond acceptors (Lipinski definition) is 9. The number of guanidine groups is 1. The maximum absolute atomic E-state index is 13.0. The smallest absolute Gasteiger partial charge is 0.414 e. The fraction of sp³-hybridized carbons (Fsp3) is 0.233.